The van der Waals surface area contributed by atoms with Crippen LogP contribution in [0, 0.1) is 0 Å². The summed E-state index contributed by atoms with van der Waals surface area (Å²) >= 11 is 1.35. The normalized spacial score (nSPS) is 16.3. The fraction of sp³-hybridized carbons (Fsp3) is 0.364. The second kappa shape index (κ2) is 4.06. The highest BCUT2D eigenvalue weighted by Crippen LogP contribution is 2.28. The Labute approximate surface area is 92.6 Å². The lowest BCUT2D eigenvalue weighted by Crippen LogP contribution is -2.28. The van der Waals surface area contributed by atoms with Gasteiger partial charge in [0.15, 0.2) is 0 Å². The van der Waals surface area contributed by atoms with E-state index in [0.29, 0.717) is 4.88 Å². The van der Waals surface area contributed by atoms with E-state index in [0.717, 1.165) is 24.5 Å². The molecule has 4 heteroatoms. The maximum atomic E-state index is 10.7. The van der Waals surface area contributed by atoms with Gasteiger partial charge in [-0.25, -0.2) is 4.79 Å². The summed E-state index contributed by atoms with van der Waals surface area (Å²) in [6.07, 6.45) is 3.29. The smallest absolute Gasteiger partial charge is 0.345 e. The maximum Gasteiger partial charge on any atom is 0.345 e. The molecule has 0 saturated carbocycles. The summed E-state index contributed by atoms with van der Waals surface area (Å²) in [7, 11) is 0. The fourth-order valence-corrected chi connectivity index (χ4v) is 2.58. The quantitative estimate of drug-likeness (QED) is 0.783. The SMILES string of the molecule is CC1=CCCN(c2ccc(C(=O)O)s2)C1. The molecule has 0 unspecified atom stereocenters. The molecule has 2 rings (SSSR count). The van der Waals surface area contributed by atoms with E-state index >= 15 is 0 Å². The van der Waals surface area contributed by atoms with Gasteiger partial charge in [0.05, 0.1) is 5.00 Å². The maximum absolute atomic E-state index is 10.7. The van der Waals surface area contributed by atoms with Crippen molar-refractivity contribution < 1.29 is 9.90 Å². The zero-order valence-electron chi connectivity index (χ0n) is 8.56. The minimum atomic E-state index is -0.837. The average Bonchev–Trinajstić information content (AvgIpc) is 2.66. The van der Waals surface area contributed by atoms with Gasteiger partial charge in [0.25, 0.3) is 0 Å². The molecule has 0 bridgehead atoms. The third kappa shape index (κ3) is 2.21. The molecule has 1 N–H and O–H groups in total. The summed E-state index contributed by atoms with van der Waals surface area (Å²) < 4.78 is 0. The Kier molecular flexibility index (Phi) is 2.77. The van der Waals surface area contributed by atoms with Crippen LogP contribution in [0.4, 0.5) is 5.00 Å². The Morgan fingerprint density at radius 2 is 2.33 bits per heavy atom. The number of carboxylic acids is 1. The molecule has 15 heavy (non-hydrogen) atoms. The van der Waals surface area contributed by atoms with Crippen LogP contribution in [0.25, 0.3) is 0 Å². The molecule has 1 aliphatic heterocycles. The van der Waals surface area contributed by atoms with Crippen molar-refractivity contribution in [3.63, 3.8) is 0 Å². The third-order valence-electron chi connectivity index (χ3n) is 2.45. The topological polar surface area (TPSA) is 40.5 Å². The van der Waals surface area contributed by atoms with Gasteiger partial charge in [-0.2, -0.15) is 0 Å². The summed E-state index contributed by atoms with van der Waals surface area (Å²) in [5.74, 6) is -0.837. The number of anilines is 1. The zero-order valence-corrected chi connectivity index (χ0v) is 9.38. The minimum Gasteiger partial charge on any atom is -0.477 e. The van der Waals surface area contributed by atoms with Crippen LogP contribution in [-0.2, 0) is 0 Å². The fourth-order valence-electron chi connectivity index (χ4n) is 1.71. The van der Waals surface area contributed by atoms with Crippen molar-refractivity contribution in [2.24, 2.45) is 0 Å². The largest absolute Gasteiger partial charge is 0.477 e. The molecule has 0 radical (unpaired) electrons. The Morgan fingerprint density at radius 1 is 1.53 bits per heavy atom. The molecule has 0 amide bonds. The number of nitrogens with zero attached hydrogens (tertiary/aromatic N) is 1. The number of hydrogen-bond donors (Lipinski definition) is 1. The van der Waals surface area contributed by atoms with Gasteiger partial charge in [-0.1, -0.05) is 11.6 Å². The van der Waals surface area contributed by atoms with Crippen molar-refractivity contribution in [2.75, 3.05) is 18.0 Å². The molecule has 0 aliphatic carbocycles. The van der Waals surface area contributed by atoms with E-state index in [-0.39, 0.29) is 0 Å². The highest BCUT2D eigenvalue weighted by molar-refractivity contribution is 7.17. The molecular formula is C11H13NO2S. The molecule has 0 spiro atoms. The first-order valence-corrected chi connectivity index (χ1v) is 5.72. The van der Waals surface area contributed by atoms with Gasteiger partial charge in [-0.15, -0.1) is 11.3 Å². The second-order valence-corrected chi connectivity index (χ2v) is 4.77. The van der Waals surface area contributed by atoms with Crippen molar-refractivity contribution >= 4 is 22.3 Å². The van der Waals surface area contributed by atoms with Crippen LogP contribution in [0.3, 0.4) is 0 Å². The molecule has 1 aromatic heterocycles. The molecule has 0 atom stereocenters. The van der Waals surface area contributed by atoms with Crippen molar-refractivity contribution in [2.45, 2.75) is 13.3 Å². The van der Waals surface area contributed by atoms with Gasteiger partial charge >= 0.3 is 5.97 Å². The Bertz CT molecular complexity index is 408. The summed E-state index contributed by atoms with van der Waals surface area (Å²) in [6.45, 7) is 4.01. The Morgan fingerprint density at radius 3 is 2.93 bits per heavy atom. The van der Waals surface area contributed by atoms with Crippen molar-refractivity contribution in [3.05, 3.63) is 28.7 Å². The number of carbonyl (C=O) groups is 1. The third-order valence-corrected chi connectivity index (χ3v) is 3.58. The summed E-state index contributed by atoms with van der Waals surface area (Å²) in [5.41, 5.74) is 1.35. The van der Waals surface area contributed by atoms with Crippen LogP contribution in [-0.4, -0.2) is 24.2 Å². The van der Waals surface area contributed by atoms with Gasteiger partial charge in [-0.3, -0.25) is 0 Å². The molecule has 80 valence electrons. The molecule has 3 nitrogen and oxygen atoms in total. The number of carboxylic acid groups (broad SMARTS) is 1. The lowest BCUT2D eigenvalue weighted by Gasteiger charge is -2.26. The lowest BCUT2D eigenvalue weighted by atomic mass is 10.1. The van der Waals surface area contributed by atoms with E-state index in [4.69, 9.17) is 5.11 Å². The van der Waals surface area contributed by atoms with E-state index in [1.165, 1.54) is 16.9 Å². The van der Waals surface area contributed by atoms with Crippen LogP contribution in [0.2, 0.25) is 0 Å². The second-order valence-electron chi connectivity index (χ2n) is 3.70. The zero-order chi connectivity index (χ0) is 10.8. The molecule has 0 saturated heterocycles. The molecule has 2 heterocycles. The summed E-state index contributed by atoms with van der Waals surface area (Å²) in [5, 5.41) is 9.88. The van der Waals surface area contributed by atoms with Crippen molar-refractivity contribution in [1.82, 2.24) is 0 Å². The highest BCUT2D eigenvalue weighted by Gasteiger charge is 2.14. The van der Waals surface area contributed by atoms with E-state index in [1.54, 1.807) is 6.07 Å². The standard InChI is InChI=1S/C11H13NO2S/c1-8-3-2-6-12(7-8)10-5-4-9(15-10)11(13)14/h3-5H,2,6-7H2,1H3,(H,13,14). The molecular weight excluding hydrogens is 210 g/mol. The number of rotatable bonds is 2. The minimum absolute atomic E-state index is 0.414. The number of thiophene rings is 1. The molecule has 1 aliphatic rings. The van der Waals surface area contributed by atoms with E-state index in [1.807, 2.05) is 6.07 Å². The van der Waals surface area contributed by atoms with Crippen LogP contribution in [0.15, 0.2) is 23.8 Å². The summed E-state index contributed by atoms with van der Waals surface area (Å²) in [6, 6.07) is 3.57. The van der Waals surface area contributed by atoms with E-state index < -0.39 is 5.97 Å². The van der Waals surface area contributed by atoms with Gasteiger partial charge in [0.2, 0.25) is 0 Å². The van der Waals surface area contributed by atoms with Gasteiger partial charge in [-0.05, 0) is 25.5 Å². The number of aromatic carboxylic acids is 1. The van der Waals surface area contributed by atoms with E-state index in [9.17, 15) is 4.79 Å². The predicted molar refractivity (Wildman–Crippen MR) is 61.9 cm³/mol. The first-order valence-electron chi connectivity index (χ1n) is 4.90. The van der Waals surface area contributed by atoms with Crippen LogP contribution >= 0.6 is 11.3 Å². The monoisotopic (exact) mass is 223 g/mol. The van der Waals surface area contributed by atoms with Crippen LogP contribution in [0.5, 0.6) is 0 Å². The van der Waals surface area contributed by atoms with Gasteiger partial charge in [0.1, 0.15) is 4.88 Å². The average molecular weight is 223 g/mol. The van der Waals surface area contributed by atoms with Crippen LogP contribution < -0.4 is 4.90 Å². The molecule has 1 aromatic rings. The highest BCUT2D eigenvalue weighted by atomic mass is 32.1. The van der Waals surface area contributed by atoms with Gasteiger partial charge < -0.3 is 10.0 Å². The Hall–Kier alpha value is -1.29. The van der Waals surface area contributed by atoms with Crippen molar-refractivity contribution in [3.8, 4) is 0 Å². The van der Waals surface area contributed by atoms with Gasteiger partial charge in [0, 0.05) is 13.1 Å². The first-order chi connectivity index (χ1) is 7.16. The van der Waals surface area contributed by atoms with E-state index in [2.05, 4.69) is 17.9 Å². The van der Waals surface area contributed by atoms with Crippen LogP contribution in [0.1, 0.15) is 23.0 Å². The van der Waals surface area contributed by atoms with Crippen molar-refractivity contribution in [1.29, 1.82) is 0 Å². The molecule has 0 aromatic carbocycles. The predicted octanol–water partition coefficient (Wildman–Crippen LogP) is 2.60. The number of hydrogen-bond acceptors (Lipinski definition) is 3. The lowest BCUT2D eigenvalue weighted by molar-refractivity contribution is 0.0702. The summed E-state index contributed by atoms with van der Waals surface area (Å²) in [4.78, 5) is 13.4. The Balaban J connectivity index is 2.16. The first kappa shape index (κ1) is 10.2. The molecule has 0 fully saturated rings.